The summed E-state index contributed by atoms with van der Waals surface area (Å²) >= 11 is 0. The molecule has 0 radical (unpaired) electrons. The second kappa shape index (κ2) is 10.2. The summed E-state index contributed by atoms with van der Waals surface area (Å²) in [6.45, 7) is 7.70. The molecule has 0 unspecified atom stereocenters. The molecule has 33 heavy (non-hydrogen) atoms. The number of carbonyl (C=O) groups excluding carboxylic acids is 3. The van der Waals surface area contributed by atoms with E-state index in [0.717, 1.165) is 0 Å². The summed E-state index contributed by atoms with van der Waals surface area (Å²) in [7, 11) is 1.26. The summed E-state index contributed by atoms with van der Waals surface area (Å²) in [4.78, 5) is 39.2. The molecule has 8 heteroatoms. The topological polar surface area (TPSA) is 111 Å². The highest BCUT2D eigenvalue weighted by Crippen LogP contribution is 2.45. The van der Waals surface area contributed by atoms with E-state index in [0.29, 0.717) is 29.0 Å². The van der Waals surface area contributed by atoms with Crippen molar-refractivity contribution in [2.75, 3.05) is 20.3 Å². The fourth-order valence-corrected chi connectivity index (χ4v) is 4.45. The van der Waals surface area contributed by atoms with Crippen LogP contribution in [0, 0.1) is 11.8 Å². The van der Waals surface area contributed by atoms with E-state index in [2.05, 4.69) is 5.32 Å². The number of phenolic OH excluding ortho intramolecular Hbond substituents is 1. The lowest BCUT2D eigenvalue weighted by atomic mass is 9.69. The van der Waals surface area contributed by atoms with Crippen LogP contribution in [0.15, 0.2) is 46.8 Å². The number of hydrogen-bond donors (Lipinski definition) is 2. The van der Waals surface area contributed by atoms with Gasteiger partial charge in [0.1, 0.15) is 18.3 Å². The van der Waals surface area contributed by atoms with Crippen LogP contribution in [0.4, 0.5) is 0 Å². The van der Waals surface area contributed by atoms with Gasteiger partial charge in [-0.05, 0) is 50.8 Å². The van der Waals surface area contributed by atoms with Crippen LogP contribution in [0.25, 0.3) is 0 Å². The molecule has 3 atom stereocenters. The average molecular weight is 458 g/mol. The van der Waals surface area contributed by atoms with Gasteiger partial charge in [0.05, 0.1) is 25.4 Å². The summed E-state index contributed by atoms with van der Waals surface area (Å²) in [6, 6.07) is 6.33. The van der Waals surface area contributed by atoms with Crippen molar-refractivity contribution in [1.29, 1.82) is 0 Å². The second-order valence-electron chi connectivity index (χ2n) is 8.68. The van der Waals surface area contributed by atoms with Crippen molar-refractivity contribution in [2.45, 2.75) is 46.1 Å². The number of aromatic hydroxyl groups is 1. The average Bonchev–Trinajstić information content (AvgIpc) is 2.75. The van der Waals surface area contributed by atoms with Gasteiger partial charge in [-0.15, -0.1) is 0 Å². The number of allylic oxidation sites excluding steroid dienone is 3. The number of Topliss-reactive ketones (excluding diaryl/α,β-unsaturated/α-hetero) is 1. The maximum Gasteiger partial charge on any atom is 0.336 e. The van der Waals surface area contributed by atoms with E-state index < -0.39 is 23.8 Å². The summed E-state index contributed by atoms with van der Waals surface area (Å²) in [5.74, 6) is -3.43. The number of phenols is 1. The minimum Gasteiger partial charge on any atom is -0.508 e. The number of carbonyl (C=O) groups is 3. The molecule has 0 bridgehead atoms. The fraction of sp³-hybridized carbons (Fsp3) is 0.480. The molecule has 3 rings (SSSR count). The summed E-state index contributed by atoms with van der Waals surface area (Å²) < 4.78 is 15.8. The number of benzene rings is 1. The lowest BCUT2D eigenvalue weighted by Crippen LogP contribution is -2.43. The lowest BCUT2D eigenvalue weighted by molar-refractivity contribution is -0.151. The van der Waals surface area contributed by atoms with Gasteiger partial charge in [-0.25, -0.2) is 4.79 Å². The molecule has 0 saturated heterocycles. The van der Waals surface area contributed by atoms with Crippen LogP contribution in [0.2, 0.25) is 0 Å². The molecule has 2 aliphatic rings. The molecule has 1 aliphatic carbocycles. The molecular formula is C25H31NO7. The highest BCUT2D eigenvalue weighted by atomic mass is 16.6. The van der Waals surface area contributed by atoms with E-state index in [4.69, 9.17) is 14.2 Å². The van der Waals surface area contributed by atoms with Gasteiger partial charge < -0.3 is 24.6 Å². The Balaban J connectivity index is 2.02. The molecule has 1 heterocycles. The quantitative estimate of drug-likeness (QED) is 0.365. The van der Waals surface area contributed by atoms with Gasteiger partial charge in [0.25, 0.3) is 0 Å². The Labute approximate surface area is 193 Å². The number of methoxy groups -OCH3 is 1. The third-order valence-electron chi connectivity index (χ3n) is 5.96. The van der Waals surface area contributed by atoms with Gasteiger partial charge >= 0.3 is 11.9 Å². The van der Waals surface area contributed by atoms with E-state index in [1.165, 1.54) is 19.2 Å². The number of dihydropyridines is 1. The molecule has 1 aromatic carbocycles. The lowest BCUT2D eigenvalue weighted by Gasteiger charge is -2.38. The molecule has 0 fully saturated rings. The third kappa shape index (κ3) is 5.11. The number of ketones is 1. The Morgan fingerprint density at radius 3 is 2.45 bits per heavy atom. The van der Waals surface area contributed by atoms with E-state index in [-0.39, 0.29) is 42.3 Å². The van der Waals surface area contributed by atoms with Crippen molar-refractivity contribution in [1.82, 2.24) is 5.32 Å². The first kappa shape index (κ1) is 24.5. The second-order valence-corrected chi connectivity index (χ2v) is 8.68. The molecule has 0 amide bonds. The fourth-order valence-electron chi connectivity index (χ4n) is 4.45. The third-order valence-corrected chi connectivity index (χ3v) is 5.96. The van der Waals surface area contributed by atoms with E-state index in [1.807, 2.05) is 20.8 Å². The van der Waals surface area contributed by atoms with Crippen molar-refractivity contribution in [3.8, 4) is 5.75 Å². The van der Waals surface area contributed by atoms with E-state index in [1.54, 1.807) is 19.1 Å². The van der Waals surface area contributed by atoms with Crippen LogP contribution in [0.1, 0.15) is 45.6 Å². The number of hydrogen-bond acceptors (Lipinski definition) is 8. The first-order valence-electron chi connectivity index (χ1n) is 11.1. The van der Waals surface area contributed by atoms with Crippen LogP contribution >= 0.6 is 0 Å². The van der Waals surface area contributed by atoms with Gasteiger partial charge in [-0.1, -0.05) is 19.1 Å². The first-order valence-corrected chi connectivity index (χ1v) is 11.1. The Kier molecular flexibility index (Phi) is 7.58. The maximum atomic E-state index is 13.6. The number of esters is 2. The molecule has 8 nitrogen and oxygen atoms in total. The zero-order valence-electron chi connectivity index (χ0n) is 19.6. The zero-order valence-corrected chi connectivity index (χ0v) is 19.6. The zero-order chi connectivity index (χ0) is 24.3. The van der Waals surface area contributed by atoms with Gasteiger partial charge in [-0.2, -0.15) is 0 Å². The molecule has 0 aromatic heterocycles. The Hall–Kier alpha value is -3.13. The van der Waals surface area contributed by atoms with Crippen LogP contribution in [0.5, 0.6) is 5.75 Å². The molecule has 0 spiro atoms. The van der Waals surface area contributed by atoms with Crippen molar-refractivity contribution >= 4 is 17.7 Å². The SMILES string of the molecule is COC(=O)[C@H]1C(=O)C2=C(C[C@@H]1C)NC(C)=C(C(=O)OCCOC(C)C)[C@H]2c1ccc(O)cc1. The summed E-state index contributed by atoms with van der Waals surface area (Å²) in [5, 5.41) is 13.0. The monoisotopic (exact) mass is 457 g/mol. The van der Waals surface area contributed by atoms with Crippen LogP contribution in [0.3, 0.4) is 0 Å². The van der Waals surface area contributed by atoms with Crippen LogP contribution in [-0.4, -0.2) is 49.3 Å². The van der Waals surface area contributed by atoms with Gasteiger partial charge in [0.2, 0.25) is 0 Å². The molecular weight excluding hydrogens is 426 g/mol. The van der Waals surface area contributed by atoms with E-state index in [9.17, 15) is 19.5 Å². The molecule has 2 N–H and O–H groups in total. The van der Waals surface area contributed by atoms with E-state index >= 15 is 0 Å². The molecule has 1 aromatic rings. The number of ether oxygens (including phenoxy) is 3. The Morgan fingerprint density at radius 2 is 1.85 bits per heavy atom. The Morgan fingerprint density at radius 1 is 1.18 bits per heavy atom. The largest absolute Gasteiger partial charge is 0.508 e. The normalized spacial score (nSPS) is 22.7. The first-order chi connectivity index (χ1) is 15.6. The number of rotatable bonds is 7. The van der Waals surface area contributed by atoms with Crippen molar-refractivity contribution < 1.29 is 33.7 Å². The smallest absolute Gasteiger partial charge is 0.336 e. The van der Waals surface area contributed by atoms with Gasteiger partial charge in [0.15, 0.2) is 5.78 Å². The van der Waals surface area contributed by atoms with Crippen molar-refractivity contribution in [3.63, 3.8) is 0 Å². The van der Waals surface area contributed by atoms with Crippen molar-refractivity contribution in [2.24, 2.45) is 11.8 Å². The highest BCUT2D eigenvalue weighted by Gasteiger charge is 2.47. The minimum atomic E-state index is -0.953. The maximum absolute atomic E-state index is 13.6. The molecule has 1 aliphatic heterocycles. The summed E-state index contributed by atoms with van der Waals surface area (Å²) in [5.41, 5.74) is 2.54. The van der Waals surface area contributed by atoms with Crippen LogP contribution in [-0.2, 0) is 28.6 Å². The molecule has 0 saturated carbocycles. The predicted molar refractivity (Wildman–Crippen MR) is 120 cm³/mol. The highest BCUT2D eigenvalue weighted by molar-refractivity contribution is 6.12. The summed E-state index contributed by atoms with van der Waals surface area (Å²) in [6.07, 6.45) is 0.465. The van der Waals surface area contributed by atoms with Crippen LogP contribution < -0.4 is 5.32 Å². The van der Waals surface area contributed by atoms with Crippen molar-refractivity contribution in [3.05, 3.63) is 52.4 Å². The van der Waals surface area contributed by atoms with Gasteiger partial charge in [-0.3, -0.25) is 9.59 Å². The number of nitrogens with one attached hydrogen (secondary N) is 1. The van der Waals surface area contributed by atoms with Gasteiger partial charge in [0, 0.05) is 22.9 Å². The Bertz CT molecular complexity index is 991. The molecule has 178 valence electrons. The minimum absolute atomic E-state index is 0.00978. The standard InChI is InChI=1S/C25H31NO7/c1-13(2)32-10-11-33-25(30)20-15(4)26-18-12-14(3)19(24(29)31-5)23(28)22(18)21(20)16-6-8-17(27)9-7-16/h6-9,13-14,19,21,26-27H,10-12H2,1-5H3/t14-,19+,21+/m0/s1. The predicted octanol–water partition coefficient (Wildman–Crippen LogP) is 2.97.